The molecule has 0 aliphatic carbocycles. The Kier molecular flexibility index (Phi) is 2.00. The van der Waals surface area contributed by atoms with Gasteiger partial charge in [0.15, 0.2) is 0 Å². The lowest BCUT2D eigenvalue weighted by atomic mass is 10.1. The molecule has 0 saturated carbocycles. The van der Waals surface area contributed by atoms with Gasteiger partial charge in [-0.3, -0.25) is 5.10 Å². The Morgan fingerprint density at radius 1 is 1.62 bits per heavy atom. The van der Waals surface area contributed by atoms with Gasteiger partial charge in [-0.15, -0.1) is 0 Å². The molecule has 0 bridgehead atoms. The van der Waals surface area contributed by atoms with E-state index in [4.69, 9.17) is 4.42 Å². The molecule has 0 radical (unpaired) electrons. The maximum Gasteiger partial charge on any atom is 0.126 e. The van der Waals surface area contributed by atoms with Crippen LogP contribution in [0.5, 0.6) is 0 Å². The van der Waals surface area contributed by atoms with Gasteiger partial charge in [0, 0.05) is 11.8 Å². The van der Waals surface area contributed by atoms with Gasteiger partial charge in [0.25, 0.3) is 0 Å². The van der Waals surface area contributed by atoms with E-state index in [1.54, 1.807) is 12.5 Å². The molecular formula is C10H10N2O. The van der Waals surface area contributed by atoms with E-state index < -0.39 is 0 Å². The molecule has 0 unspecified atom stereocenters. The van der Waals surface area contributed by atoms with Crippen molar-refractivity contribution in [2.24, 2.45) is 0 Å². The van der Waals surface area contributed by atoms with Crippen LogP contribution < -0.4 is 0 Å². The second kappa shape index (κ2) is 3.31. The second-order valence-corrected chi connectivity index (χ2v) is 2.83. The molecule has 2 aromatic rings. The van der Waals surface area contributed by atoms with Gasteiger partial charge in [-0.1, -0.05) is 0 Å². The third-order valence-corrected chi connectivity index (χ3v) is 1.86. The summed E-state index contributed by atoms with van der Waals surface area (Å²) in [5.41, 5.74) is 2.21. The van der Waals surface area contributed by atoms with Gasteiger partial charge in [0.1, 0.15) is 5.76 Å². The van der Waals surface area contributed by atoms with Crippen LogP contribution in [0.25, 0.3) is 11.6 Å². The highest BCUT2D eigenvalue weighted by Gasteiger charge is 1.97. The van der Waals surface area contributed by atoms with E-state index in [0.717, 1.165) is 16.9 Å². The van der Waals surface area contributed by atoms with Crippen molar-refractivity contribution >= 4 is 11.6 Å². The Labute approximate surface area is 76.1 Å². The summed E-state index contributed by atoms with van der Waals surface area (Å²) < 4.78 is 5.20. The minimum Gasteiger partial charge on any atom is -0.465 e. The van der Waals surface area contributed by atoms with E-state index in [9.17, 15) is 0 Å². The number of hydrogen-bond donors (Lipinski definition) is 1. The number of furan rings is 1. The summed E-state index contributed by atoms with van der Waals surface area (Å²) in [6, 6.07) is 3.79. The molecule has 3 nitrogen and oxygen atoms in total. The molecule has 0 atom stereocenters. The number of hydrogen-bond acceptors (Lipinski definition) is 2. The van der Waals surface area contributed by atoms with Gasteiger partial charge in [-0.2, -0.15) is 5.10 Å². The first kappa shape index (κ1) is 7.86. The van der Waals surface area contributed by atoms with Crippen molar-refractivity contribution < 1.29 is 4.42 Å². The first-order chi connectivity index (χ1) is 6.36. The van der Waals surface area contributed by atoms with Crippen LogP contribution in [0.2, 0.25) is 0 Å². The van der Waals surface area contributed by atoms with Gasteiger partial charge >= 0.3 is 0 Å². The monoisotopic (exact) mass is 174 g/mol. The van der Waals surface area contributed by atoms with Crippen LogP contribution in [0.3, 0.4) is 0 Å². The van der Waals surface area contributed by atoms with Crippen LogP contribution >= 0.6 is 0 Å². The lowest BCUT2D eigenvalue weighted by Gasteiger charge is -1.93. The van der Waals surface area contributed by atoms with E-state index in [1.165, 1.54) is 0 Å². The van der Waals surface area contributed by atoms with Crippen molar-refractivity contribution in [1.82, 2.24) is 10.2 Å². The van der Waals surface area contributed by atoms with Gasteiger partial charge in [0.2, 0.25) is 0 Å². The number of rotatable bonds is 2. The first-order valence-electron chi connectivity index (χ1n) is 4.07. The fourth-order valence-corrected chi connectivity index (χ4v) is 1.14. The molecule has 0 fully saturated rings. The average molecular weight is 174 g/mol. The van der Waals surface area contributed by atoms with Gasteiger partial charge < -0.3 is 4.42 Å². The third kappa shape index (κ3) is 1.69. The summed E-state index contributed by atoms with van der Waals surface area (Å²) in [7, 11) is 0. The SMILES string of the molecule is C/C(=C/c1ccco1)c1cn[nH]c1. The minimum absolute atomic E-state index is 0.860. The predicted molar refractivity (Wildman–Crippen MR) is 50.8 cm³/mol. The maximum absolute atomic E-state index is 5.20. The molecule has 0 amide bonds. The van der Waals surface area contributed by atoms with Crippen LogP contribution in [0, 0.1) is 0 Å². The van der Waals surface area contributed by atoms with Crippen molar-refractivity contribution in [3.05, 3.63) is 42.1 Å². The van der Waals surface area contributed by atoms with Gasteiger partial charge in [0.05, 0.1) is 12.5 Å². The van der Waals surface area contributed by atoms with Crippen LogP contribution in [-0.4, -0.2) is 10.2 Å². The summed E-state index contributed by atoms with van der Waals surface area (Å²) in [4.78, 5) is 0. The maximum atomic E-state index is 5.20. The zero-order valence-corrected chi connectivity index (χ0v) is 7.32. The predicted octanol–water partition coefficient (Wildman–Crippen LogP) is 2.56. The molecule has 0 aliphatic rings. The Hall–Kier alpha value is -1.77. The Bertz CT molecular complexity index is 384. The van der Waals surface area contributed by atoms with Crippen molar-refractivity contribution in [3.63, 3.8) is 0 Å². The van der Waals surface area contributed by atoms with E-state index in [-0.39, 0.29) is 0 Å². The van der Waals surface area contributed by atoms with E-state index >= 15 is 0 Å². The van der Waals surface area contributed by atoms with Crippen LogP contribution in [0.15, 0.2) is 35.2 Å². The molecule has 2 heterocycles. The highest BCUT2D eigenvalue weighted by molar-refractivity contribution is 5.77. The zero-order valence-electron chi connectivity index (χ0n) is 7.32. The van der Waals surface area contributed by atoms with Crippen molar-refractivity contribution in [2.75, 3.05) is 0 Å². The molecule has 3 heteroatoms. The Morgan fingerprint density at radius 3 is 3.15 bits per heavy atom. The quantitative estimate of drug-likeness (QED) is 0.760. The lowest BCUT2D eigenvalue weighted by Crippen LogP contribution is -1.73. The molecule has 0 spiro atoms. The molecule has 2 rings (SSSR count). The summed E-state index contributed by atoms with van der Waals surface area (Å²) in [5, 5.41) is 6.64. The summed E-state index contributed by atoms with van der Waals surface area (Å²) in [6.45, 7) is 2.02. The fraction of sp³-hybridized carbons (Fsp3) is 0.100. The van der Waals surface area contributed by atoms with Crippen LogP contribution in [0.4, 0.5) is 0 Å². The normalized spacial score (nSPS) is 11.9. The highest BCUT2D eigenvalue weighted by atomic mass is 16.3. The average Bonchev–Trinajstić information content (AvgIpc) is 2.74. The summed E-state index contributed by atoms with van der Waals surface area (Å²) in [6.07, 6.45) is 7.28. The molecule has 66 valence electrons. The van der Waals surface area contributed by atoms with E-state index in [2.05, 4.69) is 10.2 Å². The van der Waals surface area contributed by atoms with Crippen LogP contribution in [-0.2, 0) is 0 Å². The number of aromatic amines is 1. The standard InChI is InChI=1S/C10H10N2O/c1-8(9-6-11-12-7-9)5-10-3-2-4-13-10/h2-7H,1H3,(H,11,12)/b8-5-. The molecule has 13 heavy (non-hydrogen) atoms. The fourth-order valence-electron chi connectivity index (χ4n) is 1.14. The summed E-state index contributed by atoms with van der Waals surface area (Å²) >= 11 is 0. The molecule has 1 N–H and O–H groups in total. The smallest absolute Gasteiger partial charge is 0.126 e. The summed E-state index contributed by atoms with van der Waals surface area (Å²) in [5.74, 6) is 0.860. The second-order valence-electron chi connectivity index (χ2n) is 2.83. The van der Waals surface area contributed by atoms with Crippen molar-refractivity contribution in [1.29, 1.82) is 0 Å². The van der Waals surface area contributed by atoms with E-state index in [1.807, 2.05) is 31.3 Å². The number of aromatic nitrogens is 2. The first-order valence-corrected chi connectivity index (χ1v) is 4.07. The molecule has 0 aromatic carbocycles. The Balaban J connectivity index is 2.27. The Morgan fingerprint density at radius 2 is 2.54 bits per heavy atom. The number of allylic oxidation sites excluding steroid dienone is 1. The number of nitrogens with one attached hydrogen (secondary N) is 1. The van der Waals surface area contributed by atoms with Crippen molar-refractivity contribution in [3.8, 4) is 0 Å². The number of H-pyrrole nitrogens is 1. The molecule has 0 saturated heterocycles. The number of nitrogens with zero attached hydrogens (tertiary/aromatic N) is 1. The highest BCUT2D eigenvalue weighted by Crippen LogP contribution is 2.15. The van der Waals surface area contributed by atoms with Gasteiger partial charge in [-0.05, 0) is 30.7 Å². The minimum atomic E-state index is 0.860. The van der Waals surface area contributed by atoms with Crippen molar-refractivity contribution in [2.45, 2.75) is 6.92 Å². The molecule has 0 aliphatic heterocycles. The molecular weight excluding hydrogens is 164 g/mol. The largest absolute Gasteiger partial charge is 0.465 e. The molecule has 2 aromatic heterocycles. The van der Waals surface area contributed by atoms with Crippen LogP contribution in [0.1, 0.15) is 18.2 Å². The topological polar surface area (TPSA) is 41.8 Å². The zero-order chi connectivity index (χ0) is 9.10. The third-order valence-electron chi connectivity index (χ3n) is 1.86. The van der Waals surface area contributed by atoms with Gasteiger partial charge in [-0.25, -0.2) is 0 Å². The lowest BCUT2D eigenvalue weighted by molar-refractivity contribution is 0.557. The van der Waals surface area contributed by atoms with E-state index in [0.29, 0.717) is 0 Å².